The molecule has 1 heterocycles. The third-order valence-electron chi connectivity index (χ3n) is 3.76. The highest BCUT2D eigenvalue weighted by molar-refractivity contribution is 7.11. The molecule has 0 aliphatic rings. The maximum absolute atomic E-state index is 13.9. The smallest absolute Gasteiger partial charge is 0.191 e. The van der Waals surface area contributed by atoms with E-state index in [1.54, 1.807) is 17.4 Å². The summed E-state index contributed by atoms with van der Waals surface area (Å²) in [5, 5.41) is 7.63. The first-order valence-corrected chi connectivity index (χ1v) is 9.71. The molecule has 7 heteroatoms. The van der Waals surface area contributed by atoms with Crippen molar-refractivity contribution in [2.24, 2.45) is 4.99 Å². The standard InChI is InChI=1S/C19H27FN4OS/c1-5-21-19(22-10-9-18-24-13(3)14(4)26-18)23-12-15-7-8-17(25-6-2)16(20)11-15/h7-8,11H,5-6,9-10,12H2,1-4H3,(H2,21,22,23). The fourth-order valence-corrected chi connectivity index (χ4v) is 3.29. The van der Waals surface area contributed by atoms with Gasteiger partial charge in [0.2, 0.25) is 0 Å². The average molecular weight is 379 g/mol. The molecule has 0 fully saturated rings. The number of hydrogen-bond donors (Lipinski definition) is 2. The Hall–Kier alpha value is -2.15. The lowest BCUT2D eigenvalue weighted by Gasteiger charge is -2.11. The fraction of sp³-hybridized carbons (Fsp3) is 0.474. The molecule has 0 unspecified atom stereocenters. The Morgan fingerprint density at radius 2 is 2.08 bits per heavy atom. The van der Waals surface area contributed by atoms with E-state index in [0.29, 0.717) is 19.1 Å². The largest absolute Gasteiger partial charge is 0.491 e. The van der Waals surface area contributed by atoms with Crippen LogP contribution in [0.15, 0.2) is 23.2 Å². The van der Waals surface area contributed by atoms with Gasteiger partial charge >= 0.3 is 0 Å². The number of thiazole rings is 1. The molecule has 0 atom stereocenters. The zero-order valence-electron chi connectivity index (χ0n) is 15.9. The van der Waals surface area contributed by atoms with Crippen molar-refractivity contribution in [3.63, 3.8) is 0 Å². The van der Waals surface area contributed by atoms with Gasteiger partial charge in [-0.3, -0.25) is 0 Å². The topological polar surface area (TPSA) is 58.5 Å². The first-order valence-electron chi connectivity index (χ1n) is 8.89. The summed E-state index contributed by atoms with van der Waals surface area (Å²) in [4.78, 5) is 10.3. The highest BCUT2D eigenvalue weighted by Crippen LogP contribution is 2.19. The van der Waals surface area contributed by atoms with Crippen LogP contribution in [0.1, 0.15) is 35.0 Å². The Morgan fingerprint density at radius 3 is 2.69 bits per heavy atom. The monoisotopic (exact) mass is 378 g/mol. The lowest BCUT2D eigenvalue weighted by Crippen LogP contribution is -2.38. The molecule has 2 rings (SSSR count). The van der Waals surface area contributed by atoms with Crippen molar-refractivity contribution in [2.45, 2.75) is 40.7 Å². The Labute approximate surface area is 158 Å². The lowest BCUT2D eigenvalue weighted by molar-refractivity contribution is 0.321. The maximum Gasteiger partial charge on any atom is 0.191 e. The van der Waals surface area contributed by atoms with E-state index in [4.69, 9.17) is 4.74 Å². The van der Waals surface area contributed by atoms with Crippen molar-refractivity contribution < 1.29 is 9.13 Å². The number of guanidine groups is 1. The highest BCUT2D eigenvalue weighted by atomic mass is 32.1. The average Bonchev–Trinajstić information content (AvgIpc) is 2.93. The van der Waals surface area contributed by atoms with Gasteiger partial charge < -0.3 is 15.4 Å². The van der Waals surface area contributed by atoms with Crippen LogP contribution in [-0.2, 0) is 13.0 Å². The second-order valence-corrected chi connectivity index (χ2v) is 7.11. The first kappa shape index (κ1) is 20.2. The van der Waals surface area contributed by atoms with Gasteiger partial charge in [0, 0.05) is 24.4 Å². The van der Waals surface area contributed by atoms with Crippen molar-refractivity contribution in [3.8, 4) is 5.75 Å². The zero-order valence-corrected chi connectivity index (χ0v) is 16.7. The second kappa shape index (κ2) is 10.1. The quantitative estimate of drug-likeness (QED) is 0.544. The summed E-state index contributed by atoms with van der Waals surface area (Å²) in [7, 11) is 0. The summed E-state index contributed by atoms with van der Waals surface area (Å²) >= 11 is 1.73. The number of halogens is 1. The molecule has 1 aromatic carbocycles. The lowest BCUT2D eigenvalue weighted by atomic mass is 10.2. The van der Waals surface area contributed by atoms with E-state index in [0.717, 1.165) is 35.8 Å². The van der Waals surface area contributed by atoms with Gasteiger partial charge in [-0.15, -0.1) is 11.3 Å². The Balaban J connectivity index is 1.92. The van der Waals surface area contributed by atoms with Crippen molar-refractivity contribution >= 4 is 17.3 Å². The van der Waals surface area contributed by atoms with Gasteiger partial charge in [0.1, 0.15) is 0 Å². The molecule has 0 saturated heterocycles. The summed E-state index contributed by atoms with van der Waals surface area (Å²) in [5.41, 5.74) is 1.90. The third-order valence-corrected chi connectivity index (χ3v) is 4.90. The predicted octanol–water partition coefficient (Wildman–Crippen LogP) is 3.60. The van der Waals surface area contributed by atoms with E-state index in [1.165, 1.54) is 10.9 Å². The van der Waals surface area contributed by atoms with Gasteiger partial charge in [-0.1, -0.05) is 6.07 Å². The van der Waals surface area contributed by atoms with Crippen LogP contribution in [0, 0.1) is 19.7 Å². The Bertz CT molecular complexity index is 726. The molecule has 5 nitrogen and oxygen atoms in total. The predicted molar refractivity (Wildman–Crippen MR) is 106 cm³/mol. The van der Waals surface area contributed by atoms with Crippen LogP contribution >= 0.6 is 11.3 Å². The SMILES string of the molecule is CCNC(=NCc1ccc(OCC)c(F)c1)NCCc1nc(C)c(C)s1. The van der Waals surface area contributed by atoms with Gasteiger partial charge in [-0.05, 0) is 45.4 Å². The molecule has 2 aromatic rings. The molecule has 26 heavy (non-hydrogen) atoms. The molecule has 0 radical (unpaired) electrons. The van der Waals surface area contributed by atoms with Crippen molar-refractivity contribution in [1.82, 2.24) is 15.6 Å². The molecule has 0 aliphatic carbocycles. The summed E-state index contributed by atoms with van der Waals surface area (Å²) in [6.45, 7) is 10.3. The molecule has 142 valence electrons. The number of aromatic nitrogens is 1. The molecule has 2 N–H and O–H groups in total. The van der Waals surface area contributed by atoms with Gasteiger partial charge in [0.25, 0.3) is 0 Å². The second-order valence-electron chi connectivity index (χ2n) is 5.82. The number of benzene rings is 1. The zero-order chi connectivity index (χ0) is 18.9. The van der Waals surface area contributed by atoms with E-state index in [2.05, 4.69) is 27.5 Å². The minimum atomic E-state index is -0.355. The van der Waals surface area contributed by atoms with Gasteiger partial charge in [-0.25, -0.2) is 14.4 Å². The molecule has 0 aliphatic heterocycles. The van der Waals surface area contributed by atoms with Crippen LogP contribution in [0.4, 0.5) is 4.39 Å². The van der Waals surface area contributed by atoms with E-state index < -0.39 is 0 Å². The van der Waals surface area contributed by atoms with Gasteiger partial charge in [-0.2, -0.15) is 0 Å². The number of hydrogen-bond acceptors (Lipinski definition) is 4. The molecular formula is C19H27FN4OS. The van der Waals surface area contributed by atoms with Gasteiger partial charge in [0.05, 0.1) is 23.9 Å². The van der Waals surface area contributed by atoms with Crippen molar-refractivity contribution in [2.75, 3.05) is 19.7 Å². The van der Waals surface area contributed by atoms with Crippen LogP contribution in [0.25, 0.3) is 0 Å². The van der Waals surface area contributed by atoms with Crippen LogP contribution in [0.5, 0.6) is 5.75 Å². The van der Waals surface area contributed by atoms with E-state index in [-0.39, 0.29) is 11.6 Å². The van der Waals surface area contributed by atoms with Gasteiger partial charge in [0.15, 0.2) is 17.5 Å². The molecule has 0 bridgehead atoms. The highest BCUT2D eigenvalue weighted by Gasteiger charge is 2.06. The fourth-order valence-electron chi connectivity index (χ4n) is 2.36. The molecule has 0 amide bonds. The maximum atomic E-state index is 13.9. The van der Waals surface area contributed by atoms with Crippen LogP contribution in [-0.4, -0.2) is 30.6 Å². The van der Waals surface area contributed by atoms with Crippen molar-refractivity contribution in [3.05, 3.63) is 45.2 Å². The molecule has 0 saturated carbocycles. The number of ether oxygens (including phenoxy) is 1. The van der Waals surface area contributed by atoms with E-state index in [9.17, 15) is 4.39 Å². The van der Waals surface area contributed by atoms with Crippen LogP contribution in [0.2, 0.25) is 0 Å². The molecule has 0 spiro atoms. The van der Waals surface area contributed by atoms with E-state index in [1.807, 2.05) is 26.8 Å². The summed E-state index contributed by atoms with van der Waals surface area (Å²) in [5.74, 6) is 0.637. The summed E-state index contributed by atoms with van der Waals surface area (Å²) in [6, 6.07) is 4.96. The van der Waals surface area contributed by atoms with Crippen LogP contribution in [0.3, 0.4) is 0 Å². The number of rotatable bonds is 8. The first-order chi connectivity index (χ1) is 12.5. The van der Waals surface area contributed by atoms with E-state index >= 15 is 0 Å². The molecule has 1 aromatic heterocycles. The minimum absolute atomic E-state index is 0.277. The van der Waals surface area contributed by atoms with Crippen LogP contribution < -0.4 is 15.4 Å². The summed E-state index contributed by atoms with van der Waals surface area (Å²) in [6.07, 6.45) is 0.849. The molecular weight excluding hydrogens is 351 g/mol. The number of aliphatic imine (C=N–C) groups is 1. The Kier molecular flexibility index (Phi) is 7.84. The number of nitrogens with zero attached hydrogens (tertiary/aromatic N) is 2. The normalized spacial score (nSPS) is 11.5. The number of nitrogens with one attached hydrogen (secondary N) is 2. The Morgan fingerprint density at radius 1 is 1.27 bits per heavy atom. The van der Waals surface area contributed by atoms with Crippen molar-refractivity contribution in [1.29, 1.82) is 0 Å². The summed E-state index contributed by atoms with van der Waals surface area (Å²) < 4.78 is 19.1. The minimum Gasteiger partial charge on any atom is -0.491 e. The number of aryl methyl sites for hydroxylation is 2. The third kappa shape index (κ3) is 5.98.